The Labute approximate surface area is 165 Å². The summed E-state index contributed by atoms with van der Waals surface area (Å²) < 4.78 is 6.23. The molecule has 0 radical (unpaired) electrons. The number of hydrogen-bond donors (Lipinski definition) is 4. The summed E-state index contributed by atoms with van der Waals surface area (Å²) >= 11 is 6.54. The molecule has 1 unspecified atom stereocenters. The van der Waals surface area contributed by atoms with Crippen molar-refractivity contribution in [3.8, 4) is 0 Å². The van der Waals surface area contributed by atoms with E-state index in [2.05, 4.69) is 29.4 Å². The molecule has 2 aromatic rings. The second-order valence-corrected chi connectivity index (χ2v) is 7.85. The molecular weight excluding hydrogens is 366 g/mol. The Morgan fingerprint density at radius 3 is 2.85 bits per heavy atom. The third kappa shape index (κ3) is 4.95. The molecule has 1 aromatic carbocycles. The van der Waals surface area contributed by atoms with Gasteiger partial charge in [-0.3, -0.25) is 10.2 Å². The van der Waals surface area contributed by atoms with Gasteiger partial charge in [-0.1, -0.05) is 18.0 Å². The highest BCUT2D eigenvalue weighted by molar-refractivity contribution is 6.34. The number of furan rings is 1. The van der Waals surface area contributed by atoms with Gasteiger partial charge in [-0.15, -0.1) is 0 Å². The zero-order valence-electron chi connectivity index (χ0n) is 16.1. The molecule has 0 saturated heterocycles. The Morgan fingerprint density at radius 1 is 1.30 bits per heavy atom. The van der Waals surface area contributed by atoms with Gasteiger partial charge in [0.1, 0.15) is 11.3 Å². The van der Waals surface area contributed by atoms with Crippen molar-refractivity contribution in [2.75, 3.05) is 25.0 Å². The van der Waals surface area contributed by atoms with E-state index in [1.807, 2.05) is 12.1 Å². The summed E-state index contributed by atoms with van der Waals surface area (Å²) in [4.78, 5) is 2.17. The number of fused-ring (bicyclic) bond motifs is 3. The first-order valence-corrected chi connectivity index (χ1v) is 10.1. The third-order valence-electron chi connectivity index (χ3n) is 5.11. The lowest BCUT2D eigenvalue weighted by Gasteiger charge is -2.24. The molecule has 2 heterocycles. The van der Waals surface area contributed by atoms with Crippen molar-refractivity contribution in [3.63, 3.8) is 0 Å². The smallest absolute Gasteiger partial charge is 0.181 e. The monoisotopic (exact) mass is 395 g/mol. The standard InChI is InChI=1S/C20H30ClN3O3/c1-13(2)24(8-9-25)12-15-10-14-11-17(21)18-16(19(14)27-15)6-4-3-5-7-22-20(26)23-18/h10-11,13,20,22-23,25-26H,3-9,12H2,1-2H3. The van der Waals surface area contributed by atoms with Crippen molar-refractivity contribution in [3.05, 3.63) is 28.5 Å². The van der Waals surface area contributed by atoms with Crippen molar-refractivity contribution < 1.29 is 14.6 Å². The second-order valence-electron chi connectivity index (χ2n) is 7.44. The molecule has 1 aromatic heterocycles. The van der Waals surface area contributed by atoms with Gasteiger partial charge >= 0.3 is 0 Å². The normalized spacial score (nSPS) is 18.7. The first-order valence-electron chi connectivity index (χ1n) is 9.76. The molecule has 4 N–H and O–H groups in total. The lowest BCUT2D eigenvalue weighted by molar-refractivity contribution is 0.151. The molecule has 27 heavy (non-hydrogen) atoms. The van der Waals surface area contributed by atoms with Crippen LogP contribution < -0.4 is 10.6 Å². The Balaban J connectivity index is 1.97. The van der Waals surface area contributed by atoms with E-state index in [0.29, 0.717) is 24.2 Å². The minimum atomic E-state index is -0.841. The number of rotatable bonds is 5. The van der Waals surface area contributed by atoms with Crippen molar-refractivity contribution >= 4 is 28.3 Å². The Morgan fingerprint density at radius 2 is 2.11 bits per heavy atom. The number of anilines is 1. The van der Waals surface area contributed by atoms with E-state index in [9.17, 15) is 10.2 Å². The van der Waals surface area contributed by atoms with Crippen LogP contribution in [0.5, 0.6) is 0 Å². The zero-order chi connectivity index (χ0) is 19.4. The predicted molar refractivity (Wildman–Crippen MR) is 109 cm³/mol. The van der Waals surface area contributed by atoms with Gasteiger partial charge in [0.25, 0.3) is 0 Å². The number of benzene rings is 1. The Kier molecular flexibility index (Phi) is 7.00. The Bertz CT molecular complexity index is 763. The predicted octanol–water partition coefficient (Wildman–Crippen LogP) is 3.29. The molecule has 1 atom stereocenters. The van der Waals surface area contributed by atoms with E-state index >= 15 is 0 Å². The van der Waals surface area contributed by atoms with Crippen LogP contribution in [0.15, 0.2) is 16.5 Å². The summed E-state index contributed by atoms with van der Waals surface area (Å²) in [7, 11) is 0. The van der Waals surface area contributed by atoms with E-state index in [0.717, 1.165) is 60.2 Å². The minimum Gasteiger partial charge on any atom is -0.459 e. The van der Waals surface area contributed by atoms with Crippen LogP contribution in [0, 0.1) is 0 Å². The van der Waals surface area contributed by atoms with E-state index in [1.54, 1.807) is 0 Å². The van der Waals surface area contributed by atoms with Crippen molar-refractivity contribution in [1.82, 2.24) is 10.2 Å². The maximum atomic E-state index is 10.2. The summed E-state index contributed by atoms with van der Waals surface area (Å²) in [5.41, 5.74) is 2.59. The summed E-state index contributed by atoms with van der Waals surface area (Å²) in [6, 6.07) is 4.23. The van der Waals surface area contributed by atoms with Crippen molar-refractivity contribution in [2.45, 2.75) is 58.5 Å². The highest BCUT2D eigenvalue weighted by atomic mass is 35.5. The molecule has 3 rings (SSSR count). The molecule has 7 heteroatoms. The van der Waals surface area contributed by atoms with Gasteiger partial charge in [0.2, 0.25) is 0 Å². The van der Waals surface area contributed by atoms with Crippen molar-refractivity contribution in [1.29, 1.82) is 0 Å². The fraction of sp³-hybridized carbons (Fsp3) is 0.600. The lowest BCUT2D eigenvalue weighted by Crippen LogP contribution is -2.37. The lowest BCUT2D eigenvalue weighted by atomic mass is 10.0. The van der Waals surface area contributed by atoms with Crippen LogP contribution >= 0.6 is 11.6 Å². The summed E-state index contributed by atoms with van der Waals surface area (Å²) in [6.07, 6.45) is 3.15. The van der Waals surface area contributed by atoms with Gasteiger partial charge in [0.15, 0.2) is 6.35 Å². The average Bonchev–Trinajstić information content (AvgIpc) is 3.01. The number of aliphatic hydroxyl groups is 2. The molecule has 0 spiro atoms. The van der Waals surface area contributed by atoms with Crippen LogP contribution in [-0.2, 0) is 13.0 Å². The number of nitrogens with zero attached hydrogens (tertiary/aromatic N) is 1. The molecular formula is C20H30ClN3O3. The summed E-state index contributed by atoms with van der Waals surface area (Å²) in [5, 5.41) is 27.2. The fourth-order valence-electron chi connectivity index (χ4n) is 3.62. The summed E-state index contributed by atoms with van der Waals surface area (Å²) in [5.74, 6) is 0.854. The average molecular weight is 396 g/mol. The molecule has 0 aliphatic carbocycles. The molecule has 1 aliphatic rings. The molecule has 6 nitrogen and oxygen atoms in total. The first kappa shape index (κ1) is 20.4. The zero-order valence-corrected chi connectivity index (χ0v) is 16.9. The summed E-state index contributed by atoms with van der Waals surface area (Å²) in [6.45, 7) is 6.34. The quantitative estimate of drug-likeness (QED) is 0.622. The van der Waals surface area contributed by atoms with Crippen LogP contribution in [0.1, 0.15) is 44.4 Å². The second kappa shape index (κ2) is 9.26. The van der Waals surface area contributed by atoms with Crippen LogP contribution in [0.25, 0.3) is 11.0 Å². The largest absolute Gasteiger partial charge is 0.459 e. The topological polar surface area (TPSA) is 80.9 Å². The number of nitrogens with one attached hydrogen (secondary N) is 2. The number of aryl methyl sites for hydroxylation is 1. The molecule has 0 saturated carbocycles. The highest BCUT2D eigenvalue weighted by Crippen LogP contribution is 2.37. The van der Waals surface area contributed by atoms with E-state index in [1.165, 1.54) is 0 Å². The van der Waals surface area contributed by atoms with Crippen molar-refractivity contribution in [2.24, 2.45) is 0 Å². The van der Waals surface area contributed by atoms with Crippen LogP contribution in [0.3, 0.4) is 0 Å². The number of hydrogen-bond acceptors (Lipinski definition) is 6. The van der Waals surface area contributed by atoms with E-state index < -0.39 is 6.35 Å². The van der Waals surface area contributed by atoms with Gasteiger partial charge in [-0.2, -0.15) is 0 Å². The maximum Gasteiger partial charge on any atom is 0.181 e. The van der Waals surface area contributed by atoms with Gasteiger partial charge in [-0.25, -0.2) is 0 Å². The van der Waals surface area contributed by atoms with Crippen LogP contribution in [0.2, 0.25) is 5.02 Å². The van der Waals surface area contributed by atoms with Gasteiger partial charge in [-0.05, 0) is 51.8 Å². The molecule has 0 bridgehead atoms. The SMILES string of the molecule is CC(C)N(CCO)Cc1cc2cc(Cl)c3c(c2o1)CCCCCNC(O)N3. The Hall–Kier alpha value is -1.31. The van der Waals surface area contributed by atoms with E-state index in [4.69, 9.17) is 16.0 Å². The number of aliphatic hydroxyl groups excluding tert-OH is 2. The third-order valence-corrected chi connectivity index (χ3v) is 5.41. The molecule has 0 fully saturated rings. The first-order chi connectivity index (χ1) is 13.0. The molecule has 0 amide bonds. The van der Waals surface area contributed by atoms with E-state index in [-0.39, 0.29) is 6.61 Å². The minimum absolute atomic E-state index is 0.119. The number of halogens is 1. The molecule has 150 valence electrons. The fourth-order valence-corrected chi connectivity index (χ4v) is 3.91. The van der Waals surface area contributed by atoms with Gasteiger partial charge in [0.05, 0.1) is 23.9 Å². The van der Waals surface area contributed by atoms with Gasteiger partial charge < -0.3 is 19.9 Å². The maximum absolute atomic E-state index is 10.2. The van der Waals surface area contributed by atoms with Gasteiger partial charge in [0, 0.05) is 23.5 Å². The molecule has 1 aliphatic heterocycles. The van der Waals surface area contributed by atoms with Crippen LogP contribution in [-0.4, -0.2) is 47.2 Å². The van der Waals surface area contributed by atoms with Crippen LogP contribution in [0.4, 0.5) is 5.69 Å². The highest BCUT2D eigenvalue weighted by Gasteiger charge is 2.20.